The van der Waals surface area contributed by atoms with Crippen molar-refractivity contribution >= 4 is 0 Å². The van der Waals surface area contributed by atoms with E-state index in [9.17, 15) is 0 Å². The van der Waals surface area contributed by atoms with Gasteiger partial charge in [-0.15, -0.1) is 0 Å². The molecule has 2 heteroatoms. The molecule has 96 valence electrons. The van der Waals surface area contributed by atoms with E-state index in [1.165, 1.54) is 12.0 Å². The highest BCUT2D eigenvalue weighted by Crippen LogP contribution is 2.23. The maximum absolute atomic E-state index is 6.21. The van der Waals surface area contributed by atoms with Gasteiger partial charge in [-0.05, 0) is 36.5 Å². The van der Waals surface area contributed by atoms with Gasteiger partial charge in [0, 0.05) is 6.04 Å². The molecule has 0 radical (unpaired) electrons. The molecule has 0 heterocycles. The maximum atomic E-state index is 6.21. The summed E-state index contributed by atoms with van der Waals surface area (Å²) in [6.45, 7) is 7.33. The molecule has 0 amide bonds. The van der Waals surface area contributed by atoms with Crippen molar-refractivity contribution in [1.82, 2.24) is 0 Å². The van der Waals surface area contributed by atoms with Crippen LogP contribution in [0.25, 0.3) is 0 Å². The molecule has 2 unspecified atom stereocenters. The monoisotopic (exact) mass is 235 g/mol. The van der Waals surface area contributed by atoms with E-state index in [1.54, 1.807) is 0 Å². The van der Waals surface area contributed by atoms with Crippen LogP contribution in [0.5, 0.6) is 5.75 Å². The lowest BCUT2D eigenvalue weighted by Crippen LogP contribution is -2.13. The Bertz CT molecular complexity index is 324. The highest BCUT2D eigenvalue weighted by atomic mass is 16.5. The Balaban J connectivity index is 2.63. The molecule has 0 fully saturated rings. The number of rotatable bonds is 7. The van der Waals surface area contributed by atoms with Crippen LogP contribution < -0.4 is 10.5 Å². The van der Waals surface area contributed by atoms with Gasteiger partial charge in [0.25, 0.3) is 0 Å². The first-order valence-electron chi connectivity index (χ1n) is 6.65. The van der Waals surface area contributed by atoms with E-state index in [1.807, 2.05) is 12.1 Å². The van der Waals surface area contributed by atoms with Crippen molar-refractivity contribution in [3.05, 3.63) is 29.8 Å². The first kappa shape index (κ1) is 14.0. The second-order valence-corrected chi connectivity index (χ2v) is 4.78. The summed E-state index contributed by atoms with van der Waals surface area (Å²) in [4.78, 5) is 0. The summed E-state index contributed by atoms with van der Waals surface area (Å²) in [7, 11) is 0. The highest BCUT2D eigenvalue weighted by molar-refractivity contribution is 5.30. The fourth-order valence-corrected chi connectivity index (χ4v) is 1.79. The summed E-state index contributed by atoms with van der Waals surface area (Å²) in [5, 5.41) is 0. The predicted octanol–water partition coefficient (Wildman–Crippen LogP) is 3.91. The fourth-order valence-electron chi connectivity index (χ4n) is 1.79. The number of benzene rings is 1. The minimum absolute atomic E-state index is 0.120. The Morgan fingerprint density at radius 2 is 2.06 bits per heavy atom. The summed E-state index contributed by atoms with van der Waals surface area (Å²) in [5.41, 5.74) is 7.39. The lowest BCUT2D eigenvalue weighted by atomic mass is 9.95. The van der Waals surface area contributed by atoms with Crippen molar-refractivity contribution in [2.45, 2.75) is 46.1 Å². The molecule has 0 spiro atoms. The third-order valence-corrected chi connectivity index (χ3v) is 3.11. The van der Waals surface area contributed by atoms with Crippen LogP contribution in [0.4, 0.5) is 0 Å². The SMILES string of the molecule is CCCOc1cccc(C(N)CC(C)CC)c1. The van der Waals surface area contributed by atoms with Gasteiger partial charge < -0.3 is 10.5 Å². The van der Waals surface area contributed by atoms with Crippen LogP contribution in [0.1, 0.15) is 51.6 Å². The van der Waals surface area contributed by atoms with E-state index in [4.69, 9.17) is 10.5 Å². The zero-order chi connectivity index (χ0) is 12.7. The van der Waals surface area contributed by atoms with E-state index in [0.717, 1.165) is 25.2 Å². The van der Waals surface area contributed by atoms with Gasteiger partial charge in [-0.1, -0.05) is 39.3 Å². The van der Waals surface area contributed by atoms with E-state index in [0.29, 0.717) is 5.92 Å². The number of ether oxygens (including phenoxy) is 1. The van der Waals surface area contributed by atoms with Crippen molar-refractivity contribution < 1.29 is 4.74 Å². The molecule has 0 aromatic heterocycles. The maximum Gasteiger partial charge on any atom is 0.119 e. The van der Waals surface area contributed by atoms with Gasteiger partial charge in [0.1, 0.15) is 5.75 Å². The molecule has 0 saturated heterocycles. The molecule has 2 N–H and O–H groups in total. The van der Waals surface area contributed by atoms with Gasteiger partial charge in [0.05, 0.1) is 6.61 Å². The van der Waals surface area contributed by atoms with Crippen LogP contribution in [0.3, 0.4) is 0 Å². The van der Waals surface area contributed by atoms with Gasteiger partial charge in [-0.25, -0.2) is 0 Å². The van der Waals surface area contributed by atoms with Crippen LogP contribution in [-0.2, 0) is 0 Å². The third-order valence-electron chi connectivity index (χ3n) is 3.11. The topological polar surface area (TPSA) is 35.2 Å². The largest absolute Gasteiger partial charge is 0.494 e. The average molecular weight is 235 g/mol. The van der Waals surface area contributed by atoms with Crippen LogP contribution >= 0.6 is 0 Å². The minimum atomic E-state index is 0.120. The smallest absolute Gasteiger partial charge is 0.119 e. The minimum Gasteiger partial charge on any atom is -0.494 e. The van der Waals surface area contributed by atoms with Gasteiger partial charge in [-0.3, -0.25) is 0 Å². The normalized spacial score (nSPS) is 14.4. The molecule has 2 atom stereocenters. The molecule has 1 aromatic carbocycles. The molecule has 0 aliphatic carbocycles. The lowest BCUT2D eigenvalue weighted by Gasteiger charge is -2.17. The quantitative estimate of drug-likeness (QED) is 0.777. The molecular formula is C15H25NO. The molecule has 1 aromatic rings. The molecule has 0 saturated carbocycles. The Hall–Kier alpha value is -1.02. The fraction of sp³-hybridized carbons (Fsp3) is 0.600. The van der Waals surface area contributed by atoms with Crippen LogP contribution in [0, 0.1) is 5.92 Å². The van der Waals surface area contributed by atoms with Crippen LogP contribution in [0.2, 0.25) is 0 Å². The lowest BCUT2D eigenvalue weighted by molar-refractivity contribution is 0.316. The van der Waals surface area contributed by atoms with Crippen LogP contribution in [-0.4, -0.2) is 6.61 Å². The second kappa shape index (κ2) is 7.33. The first-order chi connectivity index (χ1) is 8.17. The molecule has 0 bridgehead atoms. The van der Waals surface area contributed by atoms with Crippen molar-refractivity contribution in [2.24, 2.45) is 11.7 Å². The zero-order valence-corrected chi connectivity index (χ0v) is 11.3. The van der Waals surface area contributed by atoms with E-state index >= 15 is 0 Å². The van der Waals surface area contributed by atoms with Crippen LogP contribution in [0.15, 0.2) is 24.3 Å². The van der Waals surface area contributed by atoms with Gasteiger partial charge in [-0.2, -0.15) is 0 Å². The summed E-state index contributed by atoms with van der Waals surface area (Å²) >= 11 is 0. The van der Waals surface area contributed by atoms with E-state index < -0.39 is 0 Å². The molecule has 1 rings (SSSR count). The number of hydrogen-bond donors (Lipinski definition) is 1. The van der Waals surface area contributed by atoms with Gasteiger partial charge >= 0.3 is 0 Å². The summed E-state index contributed by atoms with van der Waals surface area (Å²) in [5.74, 6) is 1.61. The summed E-state index contributed by atoms with van der Waals surface area (Å²) in [6.07, 6.45) is 3.25. The Morgan fingerprint density at radius 3 is 2.71 bits per heavy atom. The van der Waals surface area contributed by atoms with Crippen molar-refractivity contribution in [3.63, 3.8) is 0 Å². The average Bonchev–Trinajstić information content (AvgIpc) is 2.36. The van der Waals surface area contributed by atoms with Gasteiger partial charge in [0.2, 0.25) is 0 Å². The van der Waals surface area contributed by atoms with Crippen molar-refractivity contribution in [1.29, 1.82) is 0 Å². The van der Waals surface area contributed by atoms with Gasteiger partial charge in [0.15, 0.2) is 0 Å². The van der Waals surface area contributed by atoms with Crippen molar-refractivity contribution in [3.8, 4) is 5.75 Å². The Kier molecular flexibility index (Phi) is 6.06. The molecule has 17 heavy (non-hydrogen) atoms. The first-order valence-corrected chi connectivity index (χ1v) is 6.65. The van der Waals surface area contributed by atoms with E-state index in [2.05, 4.69) is 32.9 Å². The Morgan fingerprint density at radius 1 is 1.29 bits per heavy atom. The third kappa shape index (κ3) is 4.78. The Labute approximate surface area is 105 Å². The molecule has 0 aliphatic rings. The van der Waals surface area contributed by atoms with Crippen molar-refractivity contribution in [2.75, 3.05) is 6.61 Å². The standard InChI is InChI=1S/C15H25NO/c1-4-9-17-14-8-6-7-13(11-14)15(16)10-12(3)5-2/h6-8,11-12,15H,4-5,9-10,16H2,1-3H3. The number of hydrogen-bond acceptors (Lipinski definition) is 2. The zero-order valence-electron chi connectivity index (χ0n) is 11.3. The molecule has 2 nitrogen and oxygen atoms in total. The second-order valence-electron chi connectivity index (χ2n) is 4.78. The molecular weight excluding hydrogens is 210 g/mol. The summed E-state index contributed by atoms with van der Waals surface area (Å²) < 4.78 is 5.62. The highest BCUT2D eigenvalue weighted by Gasteiger charge is 2.10. The number of nitrogens with two attached hydrogens (primary N) is 1. The molecule has 0 aliphatic heterocycles. The summed E-state index contributed by atoms with van der Waals surface area (Å²) in [6, 6.07) is 8.30. The predicted molar refractivity (Wildman–Crippen MR) is 73.2 cm³/mol. The van der Waals surface area contributed by atoms with E-state index in [-0.39, 0.29) is 6.04 Å².